The average molecular weight is 489 g/mol. The van der Waals surface area contributed by atoms with Gasteiger partial charge in [-0.2, -0.15) is 13.2 Å². The summed E-state index contributed by atoms with van der Waals surface area (Å²) in [5.41, 5.74) is -0.376. The van der Waals surface area contributed by atoms with E-state index in [-0.39, 0.29) is 39.1 Å². The fraction of sp³-hybridized carbons (Fsp3) is 0.136. The molecule has 0 aliphatic carbocycles. The number of benzene rings is 3. The van der Waals surface area contributed by atoms with Gasteiger partial charge in [0.2, 0.25) is 0 Å². The summed E-state index contributed by atoms with van der Waals surface area (Å²) in [6, 6.07) is 9.52. The third kappa shape index (κ3) is 5.44. The van der Waals surface area contributed by atoms with Gasteiger partial charge in [0, 0.05) is 22.0 Å². The van der Waals surface area contributed by atoms with Gasteiger partial charge in [0.15, 0.2) is 6.61 Å². The van der Waals surface area contributed by atoms with Crippen LogP contribution in [0.5, 0.6) is 11.5 Å². The number of phenols is 1. The van der Waals surface area contributed by atoms with Crippen molar-refractivity contribution >= 4 is 29.2 Å². The lowest BCUT2D eigenvalue weighted by Gasteiger charge is -2.14. The highest BCUT2D eigenvalue weighted by atomic mass is 35.5. The number of carboxylic acids is 1. The monoisotopic (exact) mass is 488 g/mol. The first-order chi connectivity index (χ1) is 15.0. The topological polar surface area (TPSA) is 66.8 Å². The van der Waals surface area contributed by atoms with Crippen molar-refractivity contribution in [1.82, 2.24) is 0 Å². The Balaban J connectivity index is 1.95. The zero-order valence-electron chi connectivity index (χ0n) is 16.0. The minimum absolute atomic E-state index is 0.0207. The number of rotatable bonds is 6. The first-order valence-electron chi connectivity index (χ1n) is 8.97. The molecule has 3 aromatic carbocycles. The molecular weight excluding hydrogens is 475 g/mol. The predicted molar refractivity (Wildman–Crippen MR) is 111 cm³/mol. The van der Waals surface area contributed by atoms with Gasteiger partial charge in [-0.05, 0) is 53.1 Å². The lowest BCUT2D eigenvalue weighted by atomic mass is 9.97. The van der Waals surface area contributed by atoms with Gasteiger partial charge in [-0.3, -0.25) is 0 Å². The van der Waals surface area contributed by atoms with Crippen molar-refractivity contribution in [1.29, 1.82) is 0 Å². The molecule has 0 saturated heterocycles. The van der Waals surface area contributed by atoms with Crippen LogP contribution in [0.2, 0.25) is 10.0 Å². The average Bonchev–Trinajstić information content (AvgIpc) is 2.70. The second kappa shape index (κ2) is 9.26. The molecule has 0 heterocycles. The van der Waals surface area contributed by atoms with Crippen molar-refractivity contribution in [3.8, 4) is 22.6 Å². The van der Waals surface area contributed by atoms with E-state index in [0.29, 0.717) is 23.3 Å². The van der Waals surface area contributed by atoms with Gasteiger partial charge < -0.3 is 14.9 Å². The van der Waals surface area contributed by atoms with Crippen LogP contribution in [0.15, 0.2) is 48.5 Å². The van der Waals surface area contributed by atoms with Crippen LogP contribution in [-0.4, -0.2) is 22.8 Å². The largest absolute Gasteiger partial charge is 0.507 e. The molecule has 2 N–H and O–H groups in total. The van der Waals surface area contributed by atoms with E-state index in [2.05, 4.69) is 0 Å². The summed E-state index contributed by atoms with van der Waals surface area (Å²) in [6.45, 7) is -0.578. The number of carboxylic acid groups (broad SMARTS) is 1. The number of halogens is 6. The SMILES string of the molecule is O=C(O)COc1cc(Cl)c(Cc2ccc(O)c(-c3ccc(F)c(C(F)(F)F)c3)c2)c(Cl)c1. The Labute approximate surface area is 189 Å². The van der Waals surface area contributed by atoms with E-state index in [1.165, 1.54) is 30.3 Å². The van der Waals surface area contributed by atoms with Gasteiger partial charge in [-0.25, -0.2) is 9.18 Å². The molecule has 0 amide bonds. The van der Waals surface area contributed by atoms with Crippen molar-refractivity contribution in [3.63, 3.8) is 0 Å². The third-order valence-corrected chi connectivity index (χ3v) is 5.18. The number of aromatic hydroxyl groups is 1. The molecule has 0 spiro atoms. The number of carbonyl (C=O) groups is 1. The summed E-state index contributed by atoms with van der Waals surface area (Å²) in [5, 5.41) is 19.2. The Bertz CT molecular complexity index is 1160. The minimum Gasteiger partial charge on any atom is -0.507 e. The van der Waals surface area contributed by atoms with E-state index in [0.717, 1.165) is 6.07 Å². The number of hydrogen-bond donors (Lipinski definition) is 2. The molecule has 0 aromatic heterocycles. The highest BCUT2D eigenvalue weighted by Gasteiger charge is 2.34. The van der Waals surface area contributed by atoms with Crippen LogP contribution < -0.4 is 4.74 Å². The quantitative estimate of drug-likeness (QED) is 0.384. The number of alkyl halides is 3. The predicted octanol–water partition coefficient (Wildman–Crippen LogP) is 6.58. The molecule has 0 aliphatic heterocycles. The van der Waals surface area contributed by atoms with E-state index in [1.54, 1.807) is 0 Å². The van der Waals surface area contributed by atoms with E-state index >= 15 is 0 Å². The Hall–Kier alpha value is -2.97. The zero-order chi connectivity index (χ0) is 23.6. The molecule has 3 aromatic rings. The van der Waals surface area contributed by atoms with Crippen LogP contribution in [0.3, 0.4) is 0 Å². The molecule has 32 heavy (non-hydrogen) atoms. The first kappa shape index (κ1) is 23.7. The van der Waals surface area contributed by atoms with Gasteiger partial charge >= 0.3 is 12.1 Å². The first-order valence-corrected chi connectivity index (χ1v) is 9.73. The highest BCUT2D eigenvalue weighted by Crippen LogP contribution is 2.38. The summed E-state index contributed by atoms with van der Waals surface area (Å²) < 4.78 is 57.8. The molecule has 0 saturated carbocycles. The molecule has 3 rings (SSSR count). The van der Waals surface area contributed by atoms with E-state index in [9.17, 15) is 27.5 Å². The van der Waals surface area contributed by atoms with Crippen molar-refractivity contribution in [2.45, 2.75) is 12.6 Å². The Morgan fingerprint density at radius 3 is 2.25 bits per heavy atom. The second-order valence-electron chi connectivity index (χ2n) is 6.77. The molecule has 0 bridgehead atoms. The van der Waals surface area contributed by atoms with Crippen molar-refractivity contribution < 1.29 is 37.3 Å². The van der Waals surface area contributed by atoms with Gasteiger partial charge in [-0.1, -0.05) is 35.3 Å². The fourth-order valence-corrected chi connectivity index (χ4v) is 3.62. The van der Waals surface area contributed by atoms with Crippen LogP contribution in [0.4, 0.5) is 17.6 Å². The van der Waals surface area contributed by atoms with Crippen molar-refractivity contribution in [3.05, 3.63) is 81.1 Å². The Morgan fingerprint density at radius 2 is 1.66 bits per heavy atom. The number of ether oxygens (including phenoxy) is 1. The van der Waals surface area contributed by atoms with Crippen LogP contribution >= 0.6 is 23.2 Å². The molecule has 168 valence electrons. The number of hydrogen-bond acceptors (Lipinski definition) is 3. The summed E-state index contributed by atoms with van der Waals surface area (Å²) in [4.78, 5) is 10.6. The molecule has 0 unspecified atom stereocenters. The minimum atomic E-state index is -4.89. The van der Waals surface area contributed by atoms with Gasteiger partial charge in [0.25, 0.3) is 0 Å². The third-order valence-electron chi connectivity index (χ3n) is 4.50. The maximum absolute atomic E-state index is 13.6. The van der Waals surface area contributed by atoms with E-state index in [4.69, 9.17) is 33.0 Å². The molecule has 0 radical (unpaired) electrons. The molecule has 4 nitrogen and oxygen atoms in total. The van der Waals surface area contributed by atoms with Crippen LogP contribution in [0, 0.1) is 5.82 Å². The number of aliphatic carboxylic acids is 1. The highest BCUT2D eigenvalue weighted by molar-refractivity contribution is 6.36. The lowest BCUT2D eigenvalue weighted by molar-refractivity contribution is -0.140. The maximum atomic E-state index is 13.6. The summed E-state index contributed by atoms with van der Waals surface area (Å²) >= 11 is 12.5. The summed E-state index contributed by atoms with van der Waals surface area (Å²) in [5.74, 6) is -2.72. The number of phenolic OH excluding ortho intramolecular Hbond substituents is 1. The van der Waals surface area contributed by atoms with Gasteiger partial charge in [0.05, 0.1) is 5.56 Å². The van der Waals surface area contributed by atoms with Crippen LogP contribution in [0.1, 0.15) is 16.7 Å². The van der Waals surface area contributed by atoms with Crippen molar-refractivity contribution in [2.75, 3.05) is 6.61 Å². The molecule has 0 aliphatic rings. The van der Waals surface area contributed by atoms with Crippen molar-refractivity contribution in [2.24, 2.45) is 0 Å². The Kier molecular flexibility index (Phi) is 6.85. The van der Waals surface area contributed by atoms with Gasteiger partial charge in [-0.15, -0.1) is 0 Å². The second-order valence-corrected chi connectivity index (χ2v) is 7.58. The summed E-state index contributed by atoms with van der Waals surface area (Å²) in [6.07, 6.45) is -4.74. The molecule has 10 heteroatoms. The van der Waals surface area contributed by atoms with Crippen LogP contribution in [0.25, 0.3) is 11.1 Å². The van der Waals surface area contributed by atoms with E-state index in [1.807, 2.05) is 0 Å². The Morgan fingerprint density at radius 1 is 1.00 bits per heavy atom. The molecular formula is C22H14Cl2F4O4. The normalized spacial score (nSPS) is 11.4. The molecule has 0 atom stereocenters. The fourth-order valence-electron chi connectivity index (χ4n) is 3.02. The maximum Gasteiger partial charge on any atom is 0.419 e. The standard InChI is InChI=1S/C22H14Cl2F4O4/c23-17-8-13(32-10-21(30)31)9-18(24)15(17)6-11-1-4-20(29)14(5-11)12-2-3-19(25)16(7-12)22(26,27)28/h1-5,7-9,29H,6,10H2,(H,30,31). The van der Waals surface area contributed by atoms with E-state index < -0.39 is 30.1 Å². The smallest absolute Gasteiger partial charge is 0.419 e. The lowest BCUT2D eigenvalue weighted by Crippen LogP contribution is -2.09. The zero-order valence-corrected chi connectivity index (χ0v) is 17.5. The summed E-state index contributed by atoms with van der Waals surface area (Å²) in [7, 11) is 0. The van der Waals surface area contributed by atoms with Crippen LogP contribution in [-0.2, 0) is 17.4 Å². The van der Waals surface area contributed by atoms with Gasteiger partial charge in [0.1, 0.15) is 17.3 Å². The molecule has 0 fully saturated rings.